The highest BCUT2D eigenvalue weighted by Gasteiger charge is 2.35. The fraction of sp³-hybridized carbons (Fsp3) is 0.700. The maximum atomic E-state index is 9.70. The van der Waals surface area contributed by atoms with Gasteiger partial charge < -0.3 is 10.8 Å². The molecule has 0 radical (unpaired) electrons. The predicted molar refractivity (Wildman–Crippen MR) is 61.0 cm³/mol. The average Bonchev–Trinajstić information content (AvgIpc) is 2.65. The Hall–Kier alpha value is -0.750. The van der Waals surface area contributed by atoms with Gasteiger partial charge in [-0.05, 0) is 6.42 Å². The van der Waals surface area contributed by atoms with Gasteiger partial charge >= 0.3 is 0 Å². The second-order valence-corrected chi connectivity index (χ2v) is 3.95. The van der Waals surface area contributed by atoms with E-state index in [0.29, 0.717) is 11.1 Å². The van der Waals surface area contributed by atoms with Gasteiger partial charge in [0.25, 0.3) is 0 Å². The van der Waals surface area contributed by atoms with E-state index in [1.54, 1.807) is 19.3 Å². The van der Waals surface area contributed by atoms with Crippen LogP contribution >= 0.6 is 0 Å². The fourth-order valence-corrected chi connectivity index (χ4v) is 1.60. The molecule has 0 saturated carbocycles. The molecule has 1 rings (SSSR count). The molecular weight excluding hydrogens is 192 g/mol. The summed E-state index contributed by atoms with van der Waals surface area (Å²) in [5, 5.41) is 9.70. The molecular formula is C10H21N4O+. The fourth-order valence-electron chi connectivity index (χ4n) is 1.60. The zero-order valence-electron chi connectivity index (χ0n) is 9.26. The van der Waals surface area contributed by atoms with Gasteiger partial charge in [-0.3, -0.25) is 0 Å². The summed E-state index contributed by atoms with van der Waals surface area (Å²) in [5.41, 5.74) is 9.10. The molecule has 0 aliphatic carbocycles. The summed E-state index contributed by atoms with van der Waals surface area (Å²) in [5.74, 6) is 0. The molecule has 1 aliphatic heterocycles. The number of nitrogens with two attached hydrogens (primary N) is 1. The van der Waals surface area contributed by atoms with Gasteiger partial charge in [0.1, 0.15) is 6.54 Å². The first-order chi connectivity index (χ1) is 7.10. The molecule has 3 unspecified atom stereocenters. The van der Waals surface area contributed by atoms with Crippen LogP contribution in [-0.2, 0) is 0 Å². The highest BCUT2D eigenvalue weighted by Crippen LogP contribution is 2.09. The number of nitrogens with one attached hydrogen (secondary N) is 1. The van der Waals surface area contributed by atoms with Crippen molar-refractivity contribution in [1.82, 2.24) is 5.43 Å². The molecule has 0 spiro atoms. The summed E-state index contributed by atoms with van der Waals surface area (Å²) in [7, 11) is 0. The number of aliphatic imine (C=N–C) groups is 1. The van der Waals surface area contributed by atoms with Crippen molar-refractivity contribution < 1.29 is 9.70 Å². The lowest BCUT2D eigenvalue weighted by molar-refractivity contribution is -0.919. The van der Waals surface area contributed by atoms with Crippen LogP contribution in [-0.4, -0.2) is 47.9 Å². The number of hydrogen-bond donors (Lipinski definition) is 3. The molecule has 0 aromatic heterocycles. The zero-order valence-corrected chi connectivity index (χ0v) is 9.26. The van der Waals surface area contributed by atoms with Crippen LogP contribution in [0.15, 0.2) is 17.6 Å². The highest BCUT2D eigenvalue weighted by atomic mass is 16.3. The van der Waals surface area contributed by atoms with Crippen LogP contribution in [0.25, 0.3) is 0 Å². The molecule has 0 bridgehead atoms. The Morgan fingerprint density at radius 2 is 2.53 bits per heavy atom. The minimum absolute atomic E-state index is 0.0326. The lowest BCUT2D eigenvalue weighted by Gasteiger charge is -2.33. The summed E-state index contributed by atoms with van der Waals surface area (Å²) in [6.07, 6.45) is 3.82. The monoisotopic (exact) mass is 213 g/mol. The summed E-state index contributed by atoms with van der Waals surface area (Å²) in [4.78, 5) is 4.15. The SMILES string of the molecule is C=CCC(N)CN[N+]1(C(C)O)C=NCC1. The van der Waals surface area contributed by atoms with Gasteiger partial charge in [-0.15, -0.1) is 6.58 Å². The molecule has 86 valence electrons. The van der Waals surface area contributed by atoms with Crippen molar-refractivity contribution in [2.45, 2.75) is 25.6 Å². The van der Waals surface area contributed by atoms with Gasteiger partial charge in [-0.2, -0.15) is 10.0 Å². The lowest BCUT2D eigenvalue weighted by Crippen LogP contribution is -2.63. The van der Waals surface area contributed by atoms with E-state index in [9.17, 15) is 5.11 Å². The minimum Gasteiger partial charge on any atom is -0.343 e. The molecule has 5 nitrogen and oxygen atoms in total. The van der Waals surface area contributed by atoms with Crippen LogP contribution in [0.4, 0.5) is 0 Å². The zero-order chi connectivity index (χ0) is 11.3. The minimum atomic E-state index is -0.507. The van der Waals surface area contributed by atoms with E-state index in [1.165, 1.54) is 0 Å². The average molecular weight is 213 g/mol. The Bertz CT molecular complexity index is 242. The number of aliphatic hydroxyl groups is 1. The van der Waals surface area contributed by atoms with E-state index in [-0.39, 0.29) is 6.04 Å². The molecule has 0 aromatic carbocycles. The third kappa shape index (κ3) is 3.10. The van der Waals surface area contributed by atoms with E-state index < -0.39 is 6.23 Å². The van der Waals surface area contributed by atoms with Crippen molar-refractivity contribution in [3.63, 3.8) is 0 Å². The summed E-state index contributed by atoms with van der Waals surface area (Å²) in [6.45, 7) is 7.56. The van der Waals surface area contributed by atoms with Crippen LogP contribution < -0.4 is 11.2 Å². The standard InChI is InChI=1S/C10H21N4O/c1-3-4-10(11)7-13-14(9(2)15)6-5-12-8-14/h3,8-10,13,15H,1,4-7,11H2,2H3/q+1. The molecule has 1 aliphatic rings. The first-order valence-electron chi connectivity index (χ1n) is 5.29. The maximum absolute atomic E-state index is 9.70. The molecule has 15 heavy (non-hydrogen) atoms. The molecule has 3 atom stereocenters. The van der Waals surface area contributed by atoms with Gasteiger partial charge in [-0.1, -0.05) is 6.08 Å². The lowest BCUT2D eigenvalue weighted by atomic mass is 10.2. The molecule has 1 heterocycles. The van der Waals surface area contributed by atoms with Crippen LogP contribution in [0, 0.1) is 0 Å². The Balaban J connectivity index is 2.46. The highest BCUT2D eigenvalue weighted by molar-refractivity contribution is 5.47. The third-order valence-corrected chi connectivity index (χ3v) is 2.67. The van der Waals surface area contributed by atoms with Crippen molar-refractivity contribution in [3.05, 3.63) is 12.7 Å². The van der Waals surface area contributed by atoms with Gasteiger partial charge in [0.2, 0.25) is 12.6 Å². The Morgan fingerprint density at radius 1 is 1.80 bits per heavy atom. The van der Waals surface area contributed by atoms with E-state index >= 15 is 0 Å². The van der Waals surface area contributed by atoms with E-state index in [0.717, 1.165) is 19.5 Å². The number of quaternary nitrogens is 1. The molecule has 0 fully saturated rings. The topological polar surface area (TPSA) is 70.6 Å². The maximum Gasteiger partial charge on any atom is 0.211 e. The third-order valence-electron chi connectivity index (χ3n) is 2.67. The largest absolute Gasteiger partial charge is 0.343 e. The van der Waals surface area contributed by atoms with Gasteiger partial charge in [0.05, 0.1) is 13.1 Å². The van der Waals surface area contributed by atoms with E-state index in [2.05, 4.69) is 17.0 Å². The van der Waals surface area contributed by atoms with Gasteiger partial charge in [-0.25, -0.2) is 4.99 Å². The second-order valence-electron chi connectivity index (χ2n) is 3.95. The molecule has 0 aromatic rings. The quantitative estimate of drug-likeness (QED) is 0.415. The smallest absolute Gasteiger partial charge is 0.211 e. The number of nitrogens with zero attached hydrogens (tertiary/aromatic N) is 2. The molecule has 5 heteroatoms. The normalized spacial score (nSPS) is 29.0. The van der Waals surface area contributed by atoms with Gasteiger partial charge in [0.15, 0.2) is 0 Å². The van der Waals surface area contributed by atoms with E-state index in [1.807, 2.05) is 0 Å². The second kappa shape index (κ2) is 5.37. The van der Waals surface area contributed by atoms with Crippen molar-refractivity contribution in [1.29, 1.82) is 0 Å². The van der Waals surface area contributed by atoms with Crippen LogP contribution in [0.5, 0.6) is 0 Å². The van der Waals surface area contributed by atoms with Crippen molar-refractivity contribution in [3.8, 4) is 0 Å². The molecule has 0 saturated heterocycles. The summed E-state index contributed by atoms with van der Waals surface area (Å²) >= 11 is 0. The van der Waals surface area contributed by atoms with Crippen molar-refractivity contribution >= 4 is 6.34 Å². The summed E-state index contributed by atoms with van der Waals surface area (Å²) in [6, 6.07) is 0.0326. The predicted octanol–water partition coefficient (Wildman–Crippen LogP) is -0.409. The first kappa shape index (κ1) is 12.3. The number of aliphatic hydroxyl groups excluding tert-OH is 1. The molecule has 0 amide bonds. The van der Waals surface area contributed by atoms with Crippen LogP contribution in [0.2, 0.25) is 0 Å². The first-order valence-corrected chi connectivity index (χ1v) is 5.29. The van der Waals surface area contributed by atoms with Crippen molar-refractivity contribution in [2.24, 2.45) is 10.7 Å². The van der Waals surface area contributed by atoms with Crippen molar-refractivity contribution in [2.75, 3.05) is 19.6 Å². The Morgan fingerprint density at radius 3 is 3.00 bits per heavy atom. The number of rotatable bonds is 6. The van der Waals surface area contributed by atoms with Crippen LogP contribution in [0.3, 0.4) is 0 Å². The number of hydrogen-bond acceptors (Lipinski definition) is 4. The van der Waals surface area contributed by atoms with Gasteiger partial charge in [0, 0.05) is 13.0 Å². The van der Waals surface area contributed by atoms with E-state index in [4.69, 9.17) is 5.73 Å². The summed E-state index contributed by atoms with van der Waals surface area (Å²) < 4.78 is 0.310. The Kier molecular flexibility index (Phi) is 4.41. The molecule has 4 N–H and O–H groups in total. The Labute approximate surface area is 90.8 Å². The van der Waals surface area contributed by atoms with Crippen LogP contribution in [0.1, 0.15) is 13.3 Å².